The number of nitro groups is 1. The fourth-order valence-electron chi connectivity index (χ4n) is 2.45. The topological polar surface area (TPSA) is 115 Å². The highest BCUT2D eigenvalue weighted by atomic mass is 35.5. The number of para-hydroxylation sites is 2. The average molecular weight is 387 g/mol. The van der Waals surface area contributed by atoms with Crippen molar-refractivity contribution in [1.82, 2.24) is 14.8 Å². The van der Waals surface area contributed by atoms with Crippen molar-refractivity contribution in [2.24, 2.45) is 0 Å². The van der Waals surface area contributed by atoms with Gasteiger partial charge in [-0.15, -0.1) is 0 Å². The summed E-state index contributed by atoms with van der Waals surface area (Å²) in [6.07, 6.45) is 3.00. The Morgan fingerprint density at radius 2 is 2.04 bits per heavy atom. The van der Waals surface area contributed by atoms with Gasteiger partial charge in [-0.1, -0.05) is 23.7 Å². The van der Waals surface area contributed by atoms with Crippen molar-refractivity contribution in [3.63, 3.8) is 0 Å². The first kappa shape index (κ1) is 18.3. The highest BCUT2D eigenvalue weighted by Crippen LogP contribution is 2.25. The van der Waals surface area contributed by atoms with Gasteiger partial charge in [0.15, 0.2) is 0 Å². The molecule has 0 spiro atoms. The summed E-state index contributed by atoms with van der Waals surface area (Å²) >= 11 is 6.02. The zero-order valence-corrected chi connectivity index (χ0v) is 14.8. The van der Waals surface area contributed by atoms with Crippen LogP contribution in [0.15, 0.2) is 55.1 Å². The zero-order chi connectivity index (χ0) is 19.2. The van der Waals surface area contributed by atoms with Crippen LogP contribution in [0.1, 0.15) is 6.42 Å². The number of hydrogen-bond donors (Lipinski definition) is 2. The van der Waals surface area contributed by atoms with E-state index in [2.05, 4.69) is 20.7 Å². The molecule has 2 aromatic carbocycles. The van der Waals surface area contributed by atoms with Crippen LogP contribution in [0.3, 0.4) is 0 Å². The van der Waals surface area contributed by atoms with Crippen molar-refractivity contribution < 1.29 is 9.72 Å². The smallest absolute Gasteiger partial charge is 0.292 e. The molecule has 0 aliphatic carbocycles. The Balaban J connectivity index is 1.64. The molecule has 1 amide bonds. The Bertz CT molecular complexity index is 961. The molecular formula is C17H15ClN6O3. The zero-order valence-electron chi connectivity index (χ0n) is 14.0. The normalized spacial score (nSPS) is 10.4. The van der Waals surface area contributed by atoms with Crippen LogP contribution in [0.25, 0.3) is 5.69 Å². The van der Waals surface area contributed by atoms with E-state index in [-0.39, 0.29) is 24.6 Å². The van der Waals surface area contributed by atoms with Crippen LogP contribution in [0.4, 0.5) is 17.1 Å². The lowest BCUT2D eigenvalue weighted by Crippen LogP contribution is -2.17. The molecule has 0 saturated heterocycles. The second-order valence-electron chi connectivity index (χ2n) is 5.50. The number of aromatic nitrogens is 3. The molecule has 3 rings (SSSR count). The minimum atomic E-state index is -0.473. The van der Waals surface area contributed by atoms with Gasteiger partial charge in [-0.2, -0.15) is 5.10 Å². The molecule has 0 radical (unpaired) electrons. The summed E-state index contributed by atoms with van der Waals surface area (Å²) in [5, 5.41) is 21.2. The van der Waals surface area contributed by atoms with Crippen molar-refractivity contribution in [3.8, 4) is 5.69 Å². The van der Waals surface area contributed by atoms with Crippen molar-refractivity contribution in [2.75, 3.05) is 17.2 Å². The van der Waals surface area contributed by atoms with Gasteiger partial charge in [0.1, 0.15) is 18.3 Å². The maximum atomic E-state index is 12.3. The Kier molecular flexibility index (Phi) is 5.62. The standard InChI is InChI=1S/C17H15ClN6O3/c18-12-5-6-15(23-11-19-10-21-23)14(9-12)22-17(25)7-8-20-13-3-1-2-4-16(13)24(26)27/h1-6,9-11,20H,7-8H2,(H,22,25). The summed E-state index contributed by atoms with van der Waals surface area (Å²) in [6, 6.07) is 11.3. The third-order valence-corrected chi connectivity index (χ3v) is 3.90. The number of halogens is 1. The van der Waals surface area contributed by atoms with Gasteiger partial charge in [-0.3, -0.25) is 14.9 Å². The first-order chi connectivity index (χ1) is 13.0. The number of nitrogens with zero attached hydrogens (tertiary/aromatic N) is 4. The number of anilines is 2. The average Bonchev–Trinajstić information content (AvgIpc) is 3.16. The van der Waals surface area contributed by atoms with E-state index in [1.807, 2.05) is 0 Å². The summed E-state index contributed by atoms with van der Waals surface area (Å²) in [4.78, 5) is 26.7. The molecule has 0 fully saturated rings. The Labute approximate surface area is 159 Å². The van der Waals surface area contributed by atoms with Gasteiger partial charge in [0.05, 0.1) is 16.3 Å². The van der Waals surface area contributed by atoms with Crippen LogP contribution in [0.5, 0.6) is 0 Å². The maximum Gasteiger partial charge on any atom is 0.292 e. The summed E-state index contributed by atoms with van der Waals surface area (Å²) in [7, 11) is 0. The number of amides is 1. The van der Waals surface area contributed by atoms with E-state index in [9.17, 15) is 14.9 Å². The van der Waals surface area contributed by atoms with Crippen molar-refractivity contribution in [3.05, 3.63) is 70.3 Å². The van der Waals surface area contributed by atoms with E-state index < -0.39 is 4.92 Å². The Hall–Kier alpha value is -3.46. The van der Waals surface area contributed by atoms with Crippen molar-refractivity contribution in [2.45, 2.75) is 6.42 Å². The van der Waals surface area contributed by atoms with Crippen LogP contribution >= 0.6 is 11.6 Å². The molecule has 0 atom stereocenters. The van der Waals surface area contributed by atoms with Crippen molar-refractivity contribution in [1.29, 1.82) is 0 Å². The molecular weight excluding hydrogens is 372 g/mol. The number of rotatable bonds is 7. The maximum absolute atomic E-state index is 12.3. The van der Waals surface area contributed by atoms with Crippen LogP contribution in [-0.2, 0) is 4.79 Å². The summed E-state index contributed by atoms with van der Waals surface area (Å²) in [5.41, 5.74) is 1.43. The van der Waals surface area contributed by atoms with E-state index >= 15 is 0 Å². The molecule has 0 unspecified atom stereocenters. The lowest BCUT2D eigenvalue weighted by Gasteiger charge is -2.12. The molecule has 9 nitrogen and oxygen atoms in total. The molecule has 0 bridgehead atoms. The number of nitrogens with one attached hydrogen (secondary N) is 2. The number of nitro benzene ring substituents is 1. The summed E-state index contributed by atoms with van der Waals surface area (Å²) in [5.74, 6) is -0.273. The van der Waals surface area contributed by atoms with Gasteiger partial charge in [0.2, 0.25) is 5.91 Å². The number of benzene rings is 2. The van der Waals surface area contributed by atoms with Crippen LogP contribution < -0.4 is 10.6 Å². The SMILES string of the molecule is O=C(CCNc1ccccc1[N+](=O)[O-])Nc1cc(Cl)ccc1-n1cncn1. The van der Waals surface area contributed by atoms with Gasteiger partial charge >= 0.3 is 0 Å². The third kappa shape index (κ3) is 4.59. The fourth-order valence-corrected chi connectivity index (χ4v) is 2.62. The predicted molar refractivity (Wildman–Crippen MR) is 101 cm³/mol. The van der Waals surface area contributed by atoms with Gasteiger partial charge in [0, 0.05) is 24.1 Å². The molecule has 10 heteroatoms. The number of carbonyl (C=O) groups is 1. The minimum absolute atomic E-state index is 0.0405. The Morgan fingerprint density at radius 1 is 1.22 bits per heavy atom. The highest BCUT2D eigenvalue weighted by Gasteiger charge is 2.13. The molecule has 1 aromatic heterocycles. The highest BCUT2D eigenvalue weighted by molar-refractivity contribution is 6.31. The van der Waals surface area contributed by atoms with Gasteiger partial charge in [-0.25, -0.2) is 9.67 Å². The monoisotopic (exact) mass is 386 g/mol. The quantitative estimate of drug-likeness (QED) is 0.475. The Morgan fingerprint density at radius 3 is 2.78 bits per heavy atom. The van der Waals surface area contributed by atoms with Gasteiger partial charge in [-0.05, 0) is 24.3 Å². The van der Waals surface area contributed by atoms with Gasteiger partial charge in [0.25, 0.3) is 5.69 Å². The molecule has 1 heterocycles. The molecule has 0 aliphatic rings. The number of hydrogen-bond acceptors (Lipinski definition) is 6. The lowest BCUT2D eigenvalue weighted by atomic mass is 10.2. The van der Waals surface area contributed by atoms with Crippen molar-refractivity contribution >= 4 is 34.6 Å². The van der Waals surface area contributed by atoms with Crippen LogP contribution in [0, 0.1) is 10.1 Å². The summed E-state index contributed by atoms with van der Waals surface area (Å²) in [6.45, 7) is 0.232. The molecule has 0 saturated carbocycles. The number of carbonyl (C=O) groups excluding carboxylic acids is 1. The molecule has 2 N–H and O–H groups in total. The van der Waals surface area contributed by atoms with Crippen LogP contribution in [0.2, 0.25) is 5.02 Å². The third-order valence-electron chi connectivity index (χ3n) is 3.67. The lowest BCUT2D eigenvalue weighted by molar-refractivity contribution is -0.384. The van der Waals surface area contributed by atoms with E-state index in [0.717, 1.165) is 0 Å². The fraction of sp³-hybridized carbons (Fsp3) is 0.118. The van der Waals surface area contributed by atoms with E-state index in [0.29, 0.717) is 22.1 Å². The molecule has 138 valence electrons. The first-order valence-corrected chi connectivity index (χ1v) is 8.34. The van der Waals surface area contributed by atoms with E-state index in [1.54, 1.807) is 36.4 Å². The van der Waals surface area contributed by atoms with Gasteiger partial charge < -0.3 is 10.6 Å². The second-order valence-corrected chi connectivity index (χ2v) is 5.94. The first-order valence-electron chi connectivity index (χ1n) is 7.96. The van der Waals surface area contributed by atoms with E-state index in [1.165, 1.54) is 23.4 Å². The van der Waals surface area contributed by atoms with Crippen LogP contribution in [-0.4, -0.2) is 32.1 Å². The predicted octanol–water partition coefficient (Wildman–Crippen LogP) is 3.27. The minimum Gasteiger partial charge on any atom is -0.379 e. The molecule has 0 aliphatic heterocycles. The second kappa shape index (κ2) is 8.28. The molecule has 3 aromatic rings. The molecule has 27 heavy (non-hydrogen) atoms. The summed E-state index contributed by atoms with van der Waals surface area (Å²) < 4.78 is 1.51. The largest absolute Gasteiger partial charge is 0.379 e. The van der Waals surface area contributed by atoms with E-state index in [4.69, 9.17) is 11.6 Å².